The minimum absolute atomic E-state index is 0.0801. The monoisotopic (exact) mass is 373 g/mol. The van der Waals surface area contributed by atoms with Crippen molar-refractivity contribution in [3.8, 4) is 0 Å². The van der Waals surface area contributed by atoms with Gasteiger partial charge in [0.2, 0.25) is 0 Å². The Hall–Kier alpha value is -1.41. The van der Waals surface area contributed by atoms with Gasteiger partial charge in [-0.1, -0.05) is 6.42 Å². The molecule has 24 heavy (non-hydrogen) atoms. The zero-order valence-electron chi connectivity index (χ0n) is 14.1. The standard InChI is InChI=1S/C16H23NO5S2/c1-12(2)24(21,22)14-7-5-13(6-8-14)15(18)17-11-16(9-4-10-16)23(3,19)20/h5-8,12H,4,9-11H2,1-3H3,(H,17,18). The van der Waals surface area contributed by atoms with E-state index >= 15 is 0 Å². The van der Waals surface area contributed by atoms with E-state index in [1.54, 1.807) is 13.8 Å². The van der Waals surface area contributed by atoms with Crippen molar-refractivity contribution in [1.82, 2.24) is 5.32 Å². The van der Waals surface area contributed by atoms with Crippen LogP contribution in [0.4, 0.5) is 0 Å². The first-order chi connectivity index (χ1) is 11.0. The average molecular weight is 373 g/mol. The number of carbonyl (C=O) groups is 1. The van der Waals surface area contributed by atoms with E-state index in [-0.39, 0.29) is 11.4 Å². The Morgan fingerprint density at radius 2 is 1.67 bits per heavy atom. The van der Waals surface area contributed by atoms with Crippen molar-refractivity contribution in [2.75, 3.05) is 12.8 Å². The summed E-state index contributed by atoms with van der Waals surface area (Å²) in [6, 6.07) is 5.69. The lowest BCUT2D eigenvalue weighted by Crippen LogP contribution is -2.53. The molecule has 1 N–H and O–H groups in total. The van der Waals surface area contributed by atoms with Gasteiger partial charge in [0.1, 0.15) is 0 Å². The molecule has 0 spiro atoms. The predicted molar refractivity (Wildman–Crippen MR) is 92.5 cm³/mol. The maximum absolute atomic E-state index is 12.2. The van der Waals surface area contributed by atoms with Gasteiger partial charge in [0, 0.05) is 18.4 Å². The van der Waals surface area contributed by atoms with Gasteiger partial charge in [-0.05, 0) is 51.0 Å². The molecule has 1 aromatic carbocycles. The Kier molecular flexibility index (Phi) is 5.11. The fraction of sp³-hybridized carbons (Fsp3) is 0.562. The van der Waals surface area contributed by atoms with Gasteiger partial charge >= 0.3 is 0 Å². The van der Waals surface area contributed by atoms with Gasteiger partial charge in [0.15, 0.2) is 19.7 Å². The summed E-state index contributed by atoms with van der Waals surface area (Å²) in [6.07, 6.45) is 3.14. The van der Waals surface area contributed by atoms with Crippen molar-refractivity contribution >= 4 is 25.6 Å². The zero-order chi connectivity index (χ0) is 18.2. The molecule has 1 aliphatic rings. The molecule has 0 bridgehead atoms. The number of nitrogens with one attached hydrogen (secondary N) is 1. The number of hydrogen-bond donors (Lipinski definition) is 1. The molecular formula is C16H23NO5S2. The summed E-state index contributed by atoms with van der Waals surface area (Å²) < 4.78 is 47.0. The largest absolute Gasteiger partial charge is 0.350 e. The summed E-state index contributed by atoms with van der Waals surface area (Å²) >= 11 is 0. The molecule has 134 valence electrons. The predicted octanol–water partition coefficient (Wildman–Crippen LogP) is 1.57. The summed E-state index contributed by atoms with van der Waals surface area (Å²) in [5.41, 5.74) is 0.306. The highest BCUT2D eigenvalue weighted by Gasteiger charge is 2.46. The molecule has 1 saturated carbocycles. The van der Waals surface area contributed by atoms with Crippen molar-refractivity contribution < 1.29 is 21.6 Å². The molecule has 0 radical (unpaired) electrons. The summed E-state index contributed by atoms with van der Waals surface area (Å²) in [6.45, 7) is 3.27. The van der Waals surface area contributed by atoms with E-state index in [0.717, 1.165) is 6.42 Å². The van der Waals surface area contributed by atoms with E-state index in [1.807, 2.05) is 0 Å². The zero-order valence-corrected chi connectivity index (χ0v) is 15.7. The van der Waals surface area contributed by atoms with Gasteiger partial charge in [0.05, 0.1) is 14.9 Å². The van der Waals surface area contributed by atoms with Crippen LogP contribution in [0.5, 0.6) is 0 Å². The average Bonchev–Trinajstić information content (AvgIpc) is 2.44. The van der Waals surface area contributed by atoms with Crippen LogP contribution in [0.3, 0.4) is 0 Å². The fourth-order valence-corrected chi connectivity index (χ4v) is 5.09. The summed E-state index contributed by atoms with van der Waals surface area (Å²) in [7, 11) is -6.62. The number of benzene rings is 1. The highest BCUT2D eigenvalue weighted by molar-refractivity contribution is 7.92. The van der Waals surface area contributed by atoms with Gasteiger partial charge in [-0.25, -0.2) is 16.8 Å². The van der Waals surface area contributed by atoms with Crippen LogP contribution in [-0.4, -0.2) is 45.5 Å². The highest BCUT2D eigenvalue weighted by atomic mass is 32.2. The molecule has 8 heteroatoms. The van der Waals surface area contributed by atoms with Gasteiger partial charge in [-0.3, -0.25) is 4.79 Å². The smallest absolute Gasteiger partial charge is 0.251 e. The van der Waals surface area contributed by atoms with Gasteiger partial charge in [-0.2, -0.15) is 0 Å². The summed E-state index contributed by atoms with van der Waals surface area (Å²) in [4.78, 5) is 12.4. The highest BCUT2D eigenvalue weighted by Crippen LogP contribution is 2.38. The van der Waals surface area contributed by atoms with Crippen LogP contribution in [0.15, 0.2) is 29.2 Å². The van der Waals surface area contributed by atoms with Crippen LogP contribution < -0.4 is 5.32 Å². The topological polar surface area (TPSA) is 97.4 Å². The number of amides is 1. The SMILES string of the molecule is CC(C)S(=O)(=O)c1ccc(C(=O)NCC2(S(C)(=O)=O)CCC2)cc1. The fourth-order valence-electron chi connectivity index (χ4n) is 2.66. The Morgan fingerprint density at radius 1 is 1.12 bits per heavy atom. The Balaban J connectivity index is 2.09. The molecule has 0 unspecified atom stereocenters. The van der Waals surface area contributed by atoms with Gasteiger partial charge in [-0.15, -0.1) is 0 Å². The molecule has 1 aromatic rings. The second kappa shape index (κ2) is 6.48. The normalized spacial score (nSPS) is 17.3. The second-order valence-corrected chi connectivity index (χ2v) is 11.5. The second-order valence-electron chi connectivity index (χ2n) is 6.61. The van der Waals surface area contributed by atoms with Crippen LogP contribution >= 0.6 is 0 Å². The van der Waals surface area contributed by atoms with E-state index in [0.29, 0.717) is 18.4 Å². The summed E-state index contributed by atoms with van der Waals surface area (Å²) in [5.74, 6) is -0.404. The minimum atomic E-state index is -3.38. The Morgan fingerprint density at radius 3 is 2.04 bits per heavy atom. The van der Waals surface area contributed by atoms with Gasteiger partial charge in [0.25, 0.3) is 5.91 Å². The van der Waals surface area contributed by atoms with Crippen molar-refractivity contribution in [3.05, 3.63) is 29.8 Å². The van der Waals surface area contributed by atoms with E-state index in [1.165, 1.54) is 30.5 Å². The number of carbonyl (C=O) groups excluding carboxylic acids is 1. The maximum Gasteiger partial charge on any atom is 0.251 e. The van der Waals surface area contributed by atoms with Crippen molar-refractivity contribution in [3.63, 3.8) is 0 Å². The molecule has 0 aliphatic heterocycles. The Bertz CT molecular complexity index is 820. The maximum atomic E-state index is 12.2. The van der Waals surface area contributed by atoms with E-state index < -0.39 is 35.6 Å². The number of rotatable bonds is 6. The lowest BCUT2D eigenvalue weighted by atomic mass is 9.84. The number of sulfone groups is 2. The van der Waals surface area contributed by atoms with Crippen LogP contribution in [0.25, 0.3) is 0 Å². The lowest BCUT2D eigenvalue weighted by Gasteiger charge is -2.39. The molecule has 1 amide bonds. The van der Waals surface area contributed by atoms with E-state index in [4.69, 9.17) is 0 Å². The van der Waals surface area contributed by atoms with Gasteiger partial charge < -0.3 is 5.32 Å². The van der Waals surface area contributed by atoms with Crippen LogP contribution in [-0.2, 0) is 19.7 Å². The molecule has 1 aliphatic carbocycles. The quantitative estimate of drug-likeness (QED) is 0.816. The molecular weight excluding hydrogens is 350 g/mol. The molecule has 0 saturated heterocycles. The van der Waals surface area contributed by atoms with Crippen LogP contribution in [0.1, 0.15) is 43.5 Å². The molecule has 0 heterocycles. The molecule has 0 aromatic heterocycles. The first kappa shape index (κ1) is 18.9. The third-order valence-electron chi connectivity index (χ3n) is 4.69. The Labute approximate surface area is 143 Å². The first-order valence-electron chi connectivity index (χ1n) is 7.81. The molecule has 1 fully saturated rings. The van der Waals surface area contributed by atoms with E-state index in [9.17, 15) is 21.6 Å². The molecule has 2 rings (SSSR count). The third-order valence-corrected chi connectivity index (χ3v) is 8.98. The van der Waals surface area contributed by atoms with Crippen LogP contribution in [0.2, 0.25) is 0 Å². The summed E-state index contributed by atoms with van der Waals surface area (Å²) in [5, 5.41) is 2.13. The van der Waals surface area contributed by atoms with Crippen molar-refractivity contribution in [1.29, 1.82) is 0 Å². The van der Waals surface area contributed by atoms with E-state index in [2.05, 4.69) is 5.32 Å². The third kappa shape index (κ3) is 3.49. The number of hydrogen-bond acceptors (Lipinski definition) is 5. The first-order valence-corrected chi connectivity index (χ1v) is 11.3. The van der Waals surface area contributed by atoms with Crippen molar-refractivity contribution in [2.24, 2.45) is 0 Å². The molecule has 0 atom stereocenters. The van der Waals surface area contributed by atoms with Crippen molar-refractivity contribution in [2.45, 2.75) is 48.0 Å². The lowest BCUT2D eigenvalue weighted by molar-refractivity contribution is 0.0943. The molecule has 6 nitrogen and oxygen atoms in total. The minimum Gasteiger partial charge on any atom is -0.350 e. The van der Waals surface area contributed by atoms with Crippen LogP contribution in [0, 0.1) is 0 Å².